The molecule has 5 nitrogen and oxygen atoms in total. The minimum absolute atomic E-state index is 0.0719. The van der Waals surface area contributed by atoms with E-state index in [0.717, 1.165) is 6.08 Å². The van der Waals surface area contributed by atoms with E-state index in [1.807, 2.05) is 0 Å². The van der Waals surface area contributed by atoms with Gasteiger partial charge in [0, 0.05) is 22.3 Å². The van der Waals surface area contributed by atoms with Crippen LogP contribution in [0.1, 0.15) is 40.0 Å². The zero-order valence-electron chi connectivity index (χ0n) is 16.9. The third-order valence-corrected chi connectivity index (χ3v) is 8.70. The van der Waals surface area contributed by atoms with Crippen LogP contribution in [0.5, 0.6) is 0 Å². The van der Waals surface area contributed by atoms with Crippen molar-refractivity contribution < 1.29 is 33.7 Å². The number of Topliss-reactive ketones (excluding diaryl/α,β-unsaturated/α-hetero) is 1. The van der Waals surface area contributed by atoms with Gasteiger partial charge in [0.25, 0.3) is 0 Å². The fraction of sp³-hybridized carbons (Fsp3) is 0.727. The number of ketones is 2. The summed E-state index contributed by atoms with van der Waals surface area (Å²) in [6, 6.07) is 0. The van der Waals surface area contributed by atoms with Gasteiger partial charge >= 0.3 is 0 Å². The number of rotatable bonds is 2. The van der Waals surface area contributed by atoms with Gasteiger partial charge in [0.05, 0.1) is 6.10 Å². The van der Waals surface area contributed by atoms with E-state index >= 15 is 4.39 Å². The summed E-state index contributed by atoms with van der Waals surface area (Å²) in [5.74, 6) is -4.30. The Morgan fingerprint density at radius 2 is 1.97 bits per heavy atom. The summed E-state index contributed by atoms with van der Waals surface area (Å²) in [6.07, 6.45) is 0.361. The number of fused-ring (bicyclic) bond motifs is 5. The maximum atomic E-state index is 15.2. The van der Waals surface area contributed by atoms with E-state index in [1.165, 1.54) is 6.08 Å². The predicted molar refractivity (Wildman–Crippen MR) is 99.9 cm³/mol. The van der Waals surface area contributed by atoms with Crippen molar-refractivity contribution in [1.82, 2.24) is 0 Å². The van der Waals surface area contributed by atoms with Crippen LogP contribution in [-0.2, 0) is 9.59 Å². The summed E-state index contributed by atoms with van der Waals surface area (Å²) in [7, 11) is 0. The van der Waals surface area contributed by atoms with Crippen LogP contribution >= 0.6 is 0 Å². The van der Waals surface area contributed by atoms with Crippen LogP contribution in [0.2, 0.25) is 0 Å². The standard InChI is InChI=1S/C22H28F2O5/c1-10-6-12-11-7-13(23)18-19(24)14(26)4-5-20(18,2)17(11)15(27)8-21(12,3)22(10,29)16(28)9-25/h4-5,10-13,15,17,25,27,29H,6-9H2,1-3H3/t10-,11+,12+,13+,15+,17-,20-,21+,22+/m1/s1. The molecule has 0 radical (unpaired) electrons. The van der Waals surface area contributed by atoms with Crippen LogP contribution in [0.4, 0.5) is 8.78 Å². The molecule has 0 spiro atoms. The van der Waals surface area contributed by atoms with E-state index in [1.54, 1.807) is 20.8 Å². The van der Waals surface area contributed by atoms with Crippen LogP contribution in [0.25, 0.3) is 0 Å². The molecule has 3 N–H and O–H groups in total. The number of carbonyl (C=O) groups excluding carboxylic acids is 2. The maximum Gasteiger partial charge on any atom is 0.213 e. The third-order valence-electron chi connectivity index (χ3n) is 8.70. The summed E-state index contributed by atoms with van der Waals surface area (Å²) >= 11 is 0. The molecule has 4 rings (SSSR count). The van der Waals surface area contributed by atoms with Gasteiger partial charge in [-0.1, -0.05) is 26.8 Å². The van der Waals surface area contributed by atoms with E-state index in [4.69, 9.17) is 0 Å². The van der Waals surface area contributed by atoms with Crippen molar-refractivity contribution in [2.75, 3.05) is 6.61 Å². The van der Waals surface area contributed by atoms with Gasteiger partial charge in [0.1, 0.15) is 18.4 Å². The van der Waals surface area contributed by atoms with E-state index in [0.29, 0.717) is 6.42 Å². The van der Waals surface area contributed by atoms with Crippen LogP contribution in [0.15, 0.2) is 23.6 Å². The third kappa shape index (κ3) is 2.35. The molecule has 9 atom stereocenters. The molecule has 3 saturated carbocycles. The molecule has 4 aliphatic rings. The Labute approximate surface area is 168 Å². The highest BCUT2D eigenvalue weighted by molar-refractivity contribution is 6.04. The topological polar surface area (TPSA) is 94.8 Å². The highest BCUT2D eigenvalue weighted by Crippen LogP contribution is 2.68. The van der Waals surface area contributed by atoms with E-state index < -0.39 is 70.5 Å². The van der Waals surface area contributed by atoms with Crippen molar-refractivity contribution in [2.45, 2.75) is 57.9 Å². The summed E-state index contributed by atoms with van der Waals surface area (Å²) in [6.45, 7) is 4.32. The fourth-order valence-corrected chi connectivity index (χ4v) is 7.48. The fourth-order valence-electron chi connectivity index (χ4n) is 7.48. The van der Waals surface area contributed by atoms with Crippen LogP contribution < -0.4 is 0 Å². The smallest absolute Gasteiger partial charge is 0.213 e. The second-order valence-electron chi connectivity index (χ2n) is 9.88. The monoisotopic (exact) mass is 410 g/mol. The zero-order valence-corrected chi connectivity index (χ0v) is 16.9. The lowest BCUT2D eigenvalue weighted by molar-refractivity contribution is -0.185. The average Bonchev–Trinajstić information content (AvgIpc) is 2.85. The van der Waals surface area contributed by atoms with Crippen LogP contribution in [-0.4, -0.2) is 51.4 Å². The molecule has 3 fully saturated rings. The first kappa shape index (κ1) is 20.8. The van der Waals surface area contributed by atoms with Crippen molar-refractivity contribution in [3.05, 3.63) is 23.6 Å². The van der Waals surface area contributed by atoms with Crippen molar-refractivity contribution in [2.24, 2.45) is 34.5 Å². The van der Waals surface area contributed by atoms with Crippen molar-refractivity contribution in [1.29, 1.82) is 0 Å². The first-order valence-electron chi connectivity index (χ1n) is 10.3. The lowest BCUT2D eigenvalue weighted by atomic mass is 9.45. The van der Waals surface area contributed by atoms with Gasteiger partial charge in [-0.15, -0.1) is 0 Å². The molecular weight excluding hydrogens is 382 g/mol. The summed E-state index contributed by atoms with van der Waals surface area (Å²) in [5, 5.41) is 32.0. The minimum atomic E-state index is -1.81. The van der Waals surface area contributed by atoms with Crippen LogP contribution in [0.3, 0.4) is 0 Å². The van der Waals surface area contributed by atoms with E-state index in [2.05, 4.69) is 0 Å². The predicted octanol–water partition coefficient (Wildman–Crippen LogP) is 2.05. The number of hydrogen-bond acceptors (Lipinski definition) is 5. The molecule has 0 saturated heterocycles. The SMILES string of the molecule is C[C@@H]1C[C@H]2[C@@H]3C[C@H](F)C4=C(F)C(=O)C=C[C@]4(C)[C@H]3[C@@H](O)C[C@]2(C)[C@@]1(O)C(=O)CO. The Balaban J connectivity index is 1.83. The molecule has 0 unspecified atom stereocenters. The largest absolute Gasteiger partial charge is 0.393 e. The summed E-state index contributed by atoms with van der Waals surface area (Å²) in [5.41, 5.74) is -4.19. The van der Waals surface area contributed by atoms with E-state index in [9.17, 15) is 29.3 Å². The number of hydrogen-bond donors (Lipinski definition) is 3. The summed E-state index contributed by atoms with van der Waals surface area (Å²) in [4.78, 5) is 24.4. The molecule has 0 bridgehead atoms. The van der Waals surface area contributed by atoms with Crippen molar-refractivity contribution in [3.63, 3.8) is 0 Å². The molecule has 0 amide bonds. The second-order valence-corrected chi connectivity index (χ2v) is 9.88. The molecule has 7 heteroatoms. The second kappa shape index (κ2) is 6.28. The number of allylic oxidation sites excluding steroid dienone is 4. The van der Waals surface area contributed by atoms with Gasteiger partial charge in [-0.25, -0.2) is 8.78 Å². The Morgan fingerprint density at radius 3 is 2.59 bits per heavy atom. The van der Waals surface area contributed by atoms with Crippen LogP contribution in [0, 0.1) is 34.5 Å². The summed E-state index contributed by atoms with van der Waals surface area (Å²) < 4.78 is 29.9. The zero-order chi connectivity index (χ0) is 21.5. The number of carbonyl (C=O) groups is 2. The van der Waals surface area contributed by atoms with Gasteiger partial charge in [-0.3, -0.25) is 9.59 Å². The number of aliphatic hydroxyl groups excluding tert-OH is 2. The molecule has 0 aromatic carbocycles. The normalized spacial score (nSPS) is 51.5. The Kier molecular flexibility index (Phi) is 4.51. The van der Waals surface area contributed by atoms with Gasteiger partial charge < -0.3 is 15.3 Å². The van der Waals surface area contributed by atoms with Crippen molar-refractivity contribution >= 4 is 11.6 Å². The van der Waals surface area contributed by atoms with Crippen molar-refractivity contribution in [3.8, 4) is 0 Å². The van der Waals surface area contributed by atoms with Gasteiger partial charge in [0.2, 0.25) is 5.78 Å². The molecular formula is C22H28F2O5. The number of alkyl halides is 1. The molecule has 0 aromatic rings. The van der Waals surface area contributed by atoms with Gasteiger partial charge in [0.15, 0.2) is 11.6 Å². The highest BCUT2D eigenvalue weighted by atomic mass is 19.1. The molecule has 29 heavy (non-hydrogen) atoms. The first-order chi connectivity index (χ1) is 13.4. The Morgan fingerprint density at radius 1 is 1.31 bits per heavy atom. The minimum Gasteiger partial charge on any atom is -0.393 e. The highest BCUT2D eigenvalue weighted by Gasteiger charge is 2.71. The van der Waals surface area contributed by atoms with Gasteiger partial charge in [-0.05, 0) is 43.1 Å². The lowest BCUT2D eigenvalue weighted by Crippen LogP contribution is -2.63. The maximum absolute atomic E-state index is 15.2. The quantitative estimate of drug-likeness (QED) is 0.648. The number of aliphatic hydroxyl groups is 3. The number of halogens is 2. The molecule has 0 aromatic heterocycles. The molecule has 0 heterocycles. The lowest BCUT2D eigenvalue weighted by Gasteiger charge is -2.60. The first-order valence-corrected chi connectivity index (χ1v) is 10.3. The van der Waals surface area contributed by atoms with Gasteiger partial charge in [-0.2, -0.15) is 0 Å². The average molecular weight is 410 g/mol. The Hall–Kier alpha value is -1.44. The molecule has 160 valence electrons. The Bertz CT molecular complexity index is 837. The molecule has 4 aliphatic carbocycles. The van der Waals surface area contributed by atoms with E-state index in [-0.39, 0.29) is 24.3 Å². The molecule has 0 aliphatic heterocycles.